The summed E-state index contributed by atoms with van der Waals surface area (Å²) in [7, 11) is 0. The molecule has 33 heavy (non-hydrogen) atoms. The maximum Gasteiger partial charge on any atom is 0.236 e. The van der Waals surface area contributed by atoms with Crippen LogP contribution in [0.5, 0.6) is 5.75 Å². The Labute approximate surface area is 197 Å². The highest BCUT2D eigenvalue weighted by Crippen LogP contribution is 2.29. The summed E-state index contributed by atoms with van der Waals surface area (Å²) >= 11 is 1.61. The number of aromatic hydroxyl groups is 1. The van der Waals surface area contributed by atoms with E-state index in [0.29, 0.717) is 50.4 Å². The third-order valence-corrected chi connectivity index (χ3v) is 7.21. The van der Waals surface area contributed by atoms with Crippen molar-refractivity contribution in [1.82, 2.24) is 14.8 Å². The van der Waals surface area contributed by atoms with Crippen LogP contribution in [0, 0.1) is 5.92 Å². The summed E-state index contributed by atoms with van der Waals surface area (Å²) in [5.41, 5.74) is 1.02. The number of amides is 2. The number of rotatable bonds is 7. The predicted molar refractivity (Wildman–Crippen MR) is 127 cm³/mol. The monoisotopic (exact) mass is 475 g/mol. The van der Waals surface area contributed by atoms with E-state index in [9.17, 15) is 19.1 Å². The van der Waals surface area contributed by atoms with Crippen molar-refractivity contribution in [2.45, 2.75) is 19.3 Å². The molecule has 1 unspecified atom stereocenters. The van der Waals surface area contributed by atoms with Gasteiger partial charge in [-0.05, 0) is 31.2 Å². The van der Waals surface area contributed by atoms with Crippen LogP contribution in [0.25, 0.3) is 0 Å². The minimum absolute atomic E-state index is 0.0242. The van der Waals surface area contributed by atoms with Gasteiger partial charge in [0.25, 0.3) is 0 Å². The molecular formula is C23H30FN5O3S. The summed E-state index contributed by atoms with van der Waals surface area (Å²) in [5.74, 6) is -0.658. The van der Waals surface area contributed by atoms with Crippen molar-refractivity contribution in [3.05, 3.63) is 35.3 Å². The predicted octanol–water partition coefficient (Wildman–Crippen LogP) is 2.53. The van der Waals surface area contributed by atoms with E-state index in [-0.39, 0.29) is 23.5 Å². The summed E-state index contributed by atoms with van der Waals surface area (Å²) < 4.78 is 13.0. The average molecular weight is 476 g/mol. The topological polar surface area (TPSA) is 89.0 Å². The Morgan fingerprint density at radius 2 is 2.06 bits per heavy atom. The molecule has 2 saturated heterocycles. The first-order chi connectivity index (χ1) is 15.9. The number of carbonyl (C=O) groups excluding carboxylic acids is 2. The molecule has 0 saturated carbocycles. The van der Waals surface area contributed by atoms with Crippen LogP contribution in [0.3, 0.4) is 0 Å². The minimum Gasteiger partial charge on any atom is -0.508 e. The molecule has 0 radical (unpaired) electrons. The van der Waals surface area contributed by atoms with E-state index in [1.54, 1.807) is 36.6 Å². The van der Waals surface area contributed by atoms with Crippen LogP contribution in [-0.4, -0.2) is 84.2 Å². The first-order valence-corrected chi connectivity index (χ1v) is 12.2. The average Bonchev–Trinajstić information content (AvgIpc) is 3.52. The van der Waals surface area contributed by atoms with Gasteiger partial charge in [-0.1, -0.05) is 6.92 Å². The fourth-order valence-corrected chi connectivity index (χ4v) is 5.05. The molecular weight excluding hydrogens is 445 g/mol. The highest BCUT2D eigenvalue weighted by molar-refractivity contribution is 7.13. The summed E-state index contributed by atoms with van der Waals surface area (Å²) in [6.07, 6.45) is 2.48. The van der Waals surface area contributed by atoms with Crippen molar-refractivity contribution in [2.24, 2.45) is 5.92 Å². The molecule has 0 bridgehead atoms. The third kappa shape index (κ3) is 5.62. The van der Waals surface area contributed by atoms with Crippen molar-refractivity contribution in [3.8, 4) is 5.75 Å². The first kappa shape index (κ1) is 23.4. The standard InChI is InChI=1S/C23H30FN5O3S/c1-16(13-24)19-12-18(2-3-20(19)30)26-22(32)17-4-6-27(14-17)15-21(31)28-7-9-29(10-8-28)23-25-5-11-33-23/h2-3,5,11-12,16-17,30H,4,6-10,13-15H2,1H3,(H,26,32)/t16?,17-/m1/s1. The van der Waals surface area contributed by atoms with E-state index in [2.05, 4.69) is 15.2 Å². The number of carbonyl (C=O) groups is 2. The Kier molecular flexibility index (Phi) is 7.44. The first-order valence-electron chi connectivity index (χ1n) is 11.3. The van der Waals surface area contributed by atoms with Gasteiger partial charge < -0.3 is 20.2 Å². The number of benzene rings is 1. The van der Waals surface area contributed by atoms with Crippen molar-refractivity contribution in [2.75, 3.05) is 62.7 Å². The Morgan fingerprint density at radius 3 is 2.76 bits per heavy atom. The molecule has 1 aromatic heterocycles. The molecule has 2 aromatic rings. The number of nitrogens with zero attached hydrogens (tertiary/aromatic N) is 4. The van der Waals surface area contributed by atoms with Crippen LogP contribution in [0.1, 0.15) is 24.8 Å². The molecule has 2 atom stereocenters. The SMILES string of the molecule is CC(CF)c1cc(NC(=O)[C@@H]2CCN(CC(=O)N3CCN(c4nccs4)CC3)C2)ccc1O. The molecule has 2 N–H and O–H groups in total. The number of nitrogens with one attached hydrogen (secondary N) is 1. The highest BCUT2D eigenvalue weighted by atomic mass is 32.1. The van der Waals surface area contributed by atoms with Gasteiger partial charge in [-0.15, -0.1) is 11.3 Å². The fourth-order valence-electron chi connectivity index (χ4n) is 4.36. The van der Waals surface area contributed by atoms with E-state index < -0.39 is 12.6 Å². The second-order valence-electron chi connectivity index (χ2n) is 8.72. The number of piperazine rings is 1. The van der Waals surface area contributed by atoms with E-state index in [0.717, 1.165) is 18.2 Å². The number of hydrogen-bond donors (Lipinski definition) is 2. The second-order valence-corrected chi connectivity index (χ2v) is 9.59. The molecule has 2 fully saturated rings. The quantitative estimate of drug-likeness (QED) is 0.599. The molecule has 178 valence electrons. The summed E-state index contributed by atoms with van der Waals surface area (Å²) in [6.45, 7) is 5.55. The molecule has 2 amide bonds. The normalized spacial score (nSPS) is 20.1. The van der Waals surface area contributed by atoms with Gasteiger partial charge in [-0.3, -0.25) is 18.9 Å². The summed E-state index contributed by atoms with van der Waals surface area (Å²) in [5, 5.41) is 15.8. The number of phenolic OH excluding ortho intramolecular Hbond substituents is 1. The third-order valence-electron chi connectivity index (χ3n) is 6.38. The molecule has 0 aliphatic carbocycles. The van der Waals surface area contributed by atoms with Gasteiger partial charge in [0, 0.05) is 61.5 Å². The van der Waals surface area contributed by atoms with Crippen LogP contribution in [0.15, 0.2) is 29.8 Å². The molecule has 1 aromatic carbocycles. The molecule has 2 aliphatic rings. The number of phenols is 1. The van der Waals surface area contributed by atoms with Crippen LogP contribution in [0.2, 0.25) is 0 Å². The zero-order chi connectivity index (χ0) is 23.4. The maximum absolute atomic E-state index is 13.0. The summed E-state index contributed by atoms with van der Waals surface area (Å²) in [6, 6.07) is 4.72. The number of aromatic nitrogens is 1. The van der Waals surface area contributed by atoms with Crippen molar-refractivity contribution in [3.63, 3.8) is 0 Å². The Hall–Kier alpha value is -2.72. The molecule has 8 nitrogen and oxygen atoms in total. The van der Waals surface area contributed by atoms with E-state index in [1.807, 2.05) is 15.2 Å². The Morgan fingerprint density at radius 1 is 1.27 bits per heavy atom. The molecule has 10 heteroatoms. The lowest BCUT2D eigenvalue weighted by atomic mass is 10.0. The number of alkyl halides is 1. The van der Waals surface area contributed by atoms with Gasteiger partial charge in [-0.25, -0.2) is 4.98 Å². The van der Waals surface area contributed by atoms with Gasteiger partial charge in [0.1, 0.15) is 5.75 Å². The van der Waals surface area contributed by atoms with Gasteiger partial charge >= 0.3 is 0 Å². The van der Waals surface area contributed by atoms with E-state index >= 15 is 0 Å². The minimum atomic E-state index is -0.587. The van der Waals surface area contributed by atoms with Gasteiger partial charge in [0.2, 0.25) is 11.8 Å². The van der Waals surface area contributed by atoms with Crippen LogP contribution < -0.4 is 10.2 Å². The van der Waals surface area contributed by atoms with E-state index in [1.165, 1.54) is 6.07 Å². The van der Waals surface area contributed by atoms with Crippen molar-refractivity contribution >= 4 is 34.0 Å². The largest absolute Gasteiger partial charge is 0.508 e. The number of likely N-dealkylation sites (tertiary alicyclic amines) is 1. The number of hydrogen-bond acceptors (Lipinski definition) is 7. The number of anilines is 2. The molecule has 0 spiro atoms. The summed E-state index contributed by atoms with van der Waals surface area (Å²) in [4.78, 5) is 36.0. The van der Waals surface area contributed by atoms with Crippen LogP contribution in [-0.2, 0) is 9.59 Å². The Balaban J connectivity index is 1.25. The van der Waals surface area contributed by atoms with Crippen LogP contribution in [0.4, 0.5) is 15.2 Å². The molecule has 2 aliphatic heterocycles. The zero-order valence-electron chi connectivity index (χ0n) is 18.7. The maximum atomic E-state index is 13.0. The molecule has 3 heterocycles. The van der Waals surface area contributed by atoms with Crippen molar-refractivity contribution < 1.29 is 19.1 Å². The van der Waals surface area contributed by atoms with Crippen LogP contribution >= 0.6 is 11.3 Å². The lowest BCUT2D eigenvalue weighted by Gasteiger charge is -2.35. The van der Waals surface area contributed by atoms with Gasteiger partial charge in [-0.2, -0.15) is 0 Å². The second kappa shape index (κ2) is 10.5. The smallest absolute Gasteiger partial charge is 0.236 e. The number of halogens is 1. The lowest BCUT2D eigenvalue weighted by molar-refractivity contribution is -0.132. The van der Waals surface area contributed by atoms with Gasteiger partial charge in [0.15, 0.2) is 5.13 Å². The van der Waals surface area contributed by atoms with E-state index in [4.69, 9.17) is 0 Å². The number of thiazole rings is 1. The molecule has 4 rings (SSSR count). The fraction of sp³-hybridized carbons (Fsp3) is 0.522. The van der Waals surface area contributed by atoms with Gasteiger partial charge in [0.05, 0.1) is 19.1 Å². The highest BCUT2D eigenvalue weighted by Gasteiger charge is 2.31. The zero-order valence-corrected chi connectivity index (χ0v) is 19.6. The lowest BCUT2D eigenvalue weighted by Crippen LogP contribution is -2.51. The Bertz CT molecular complexity index is 965. The van der Waals surface area contributed by atoms with Crippen molar-refractivity contribution in [1.29, 1.82) is 0 Å².